The van der Waals surface area contributed by atoms with Gasteiger partial charge in [0.1, 0.15) is 0 Å². The number of unbranched alkanes of at least 4 members (excludes halogenated alkanes) is 16. The van der Waals surface area contributed by atoms with Crippen LogP contribution in [0.25, 0.3) is 0 Å². The molecule has 0 N–H and O–H groups in total. The van der Waals surface area contributed by atoms with Crippen molar-refractivity contribution in [3.63, 3.8) is 0 Å². The zero-order valence-corrected chi connectivity index (χ0v) is 29.7. The summed E-state index contributed by atoms with van der Waals surface area (Å²) in [5.74, 6) is 1.72. The van der Waals surface area contributed by atoms with Gasteiger partial charge in [0.2, 0.25) is 0 Å². The lowest BCUT2D eigenvalue weighted by molar-refractivity contribution is 0.261. The average Bonchev–Trinajstić information content (AvgIpc) is 2.97. The molecular formula is C40H79N. The molecule has 0 aromatic rings. The molecule has 0 bridgehead atoms. The highest BCUT2D eigenvalue weighted by molar-refractivity contribution is 5.07. The first-order chi connectivity index (χ1) is 20.0. The lowest BCUT2D eigenvalue weighted by Gasteiger charge is -2.28. The normalized spacial score (nSPS) is 13.2. The van der Waals surface area contributed by atoms with E-state index in [-0.39, 0.29) is 0 Å². The molecule has 0 rings (SSSR count). The Kier molecular flexibility index (Phi) is 30.5. The smallest absolute Gasteiger partial charge is 0.0133 e. The molecule has 1 heteroatoms. The number of nitrogens with zero attached hydrogens (tertiary/aromatic N) is 1. The Morgan fingerprint density at radius 1 is 0.488 bits per heavy atom. The number of hydrogen-bond acceptors (Lipinski definition) is 1. The van der Waals surface area contributed by atoms with Gasteiger partial charge in [-0.25, -0.2) is 0 Å². The van der Waals surface area contributed by atoms with Crippen molar-refractivity contribution in [2.24, 2.45) is 11.8 Å². The summed E-state index contributed by atoms with van der Waals surface area (Å²) in [5, 5.41) is 0. The summed E-state index contributed by atoms with van der Waals surface area (Å²) in [5.41, 5.74) is 4.98. The van der Waals surface area contributed by atoms with E-state index in [1.807, 2.05) is 0 Å². The molecule has 0 aliphatic rings. The minimum Gasteiger partial charge on any atom is -0.306 e. The molecule has 0 aromatic heterocycles. The summed E-state index contributed by atoms with van der Waals surface area (Å²) >= 11 is 0. The summed E-state index contributed by atoms with van der Waals surface area (Å²) in [6, 6.07) is 0.644. The van der Waals surface area contributed by atoms with E-state index in [9.17, 15) is 0 Å². The van der Waals surface area contributed by atoms with Crippen LogP contribution in [0.3, 0.4) is 0 Å². The van der Waals surface area contributed by atoms with E-state index >= 15 is 0 Å². The summed E-state index contributed by atoms with van der Waals surface area (Å²) < 4.78 is 0. The molecule has 0 amide bonds. The first-order valence-corrected chi connectivity index (χ1v) is 19.1. The van der Waals surface area contributed by atoms with E-state index in [1.54, 1.807) is 0 Å². The quantitative estimate of drug-likeness (QED) is 0.0571. The average molecular weight is 574 g/mol. The largest absolute Gasteiger partial charge is 0.306 e. The lowest BCUT2D eigenvalue weighted by Crippen LogP contribution is -2.29. The Hall–Kier alpha value is -0.520. The van der Waals surface area contributed by atoms with Crippen molar-refractivity contribution in [2.45, 2.75) is 214 Å². The topological polar surface area (TPSA) is 3.24 Å². The van der Waals surface area contributed by atoms with E-state index in [4.69, 9.17) is 0 Å². The van der Waals surface area contributed by atoms with E-state index in [1.165, 1.54) is 185 Å². The van der Waals surface area contributed by atoms with Crippen LogP contribution in [-0.2, 0) is 0 Å². The lowest BCUT2D eigenvalue weighted by atomic mass is 9.84. The van der Waals surface area contributed by atoms with E-state index in [2.05, 4.69) is 59.0 Å². The minimum atomic E-state index is 0.644. The molecule has 2 atom stereocenters. The zero-order valence-electron chi connectivity index (χ0n) is 29.7. The van der Waals surface area contributed by atoms with Gasteiger partial charge in [-0.1, -0.05) is 188 Å². The minimum absolute atomic E-state index is 0.644. The SMILES string of the molecule is C=C=C(CC(CCCCCCCCCC(CCCCCC)CCCCCC)N(C)C)C(CCCC)CCCCCC. The molecule has 0 radical (unpaired) electrons. The molecule has 244 valence electrons. The van der Waals surface area contributed by atoms with Crippen LogP contribution < -0.4 is 0 Å². The van der Waals surface area contributed by atoms with Crippen LogP contribution in [0.15, 0.2) is 17.9 Å². The molecule has 2 unspecified atom stereocenters. The fraction of sp³-hybridized carbons (Fsp3) is 0.925. The maximum absolute atomic E-state index is 4.17. The molecule has 0 aliphatic heterocycles. The second kappa shape index (κ2) is 30.9. The van der Waals surface area contributed by atoms with Crippen molar-refractivity contribution in [3.8, 4) is 0 Å². The fourth-order valence-corrected chi connectivity index (χ4v) is 6.79. The van der Waals surface area contributed by atoms with Crippen LogP contribution in [0, 0.1) is 11.8 Å². The van der Waals surface area contributed by atoms with Gasteiger partial charge in [-0.05, 0) is 57.2 Å². The van der Waals surface area contributed by atoms with Gasteiger partial charge >= 0.3 is 0 Å². The van der Waals surface area contributed by atoms with Crippen molar-refractivity contribution in [1.29, 1.82) is 0 Å². The second-order valence-corrected chi connectivity index (χ2v) is 13.8. The van der Waals surface area contributed by atoms with E-state index in [0.717, 1.165) is 5.92 Å². The molecule has 0 saturated heterocycles. The Balaban J connectivity index is 4.33. The Labute approximate surface area is 261 Å². The van der Waals surface area contributed by atoms with Gasteiger partial charge in [-0.2, -0.15) is 0 Å². The van der Waals surface area contributed by atoms with E-state index in [0.29, 0.717) is 12.0 Å². The first-order valence-electron chi connectivity index (χ1n) is 19.1. The Morgan fingerprint density at radius 2 is 0.854 bits per heavy atom. The third-order valence-corrected chi connectivity index (χ3v) is 9.80. The number of rotatable bonds is 32. The molecule has 0 spiro atoms. The van der Waals surface area contributed by atoms with Crippen molar-refractivity contribution in [1.82, 2.24) is 4.90 Å². The maximum Gasteiger partial charge on any atom is 0.0133 e. The third kappa shape index (κ3) is 24.6. The molecule has 41 heavy (non-hydrogen) atoms. The second-order valence-electron chi connectivity index (χ2n) is 13.8. The molecule has 0 heterocycles. The van der Waals surface area contributed by atoms with Crippen molar-refractivity contribution in [2.75, 3.05) is 14.1 Å². The van der Waals surface area contributed by atoms with Crippen molar-refractivity contribution in [3.05, 3.63) is 17.9 Å². The molecule has 0 saturated carbocycles. The van der Waals surface area contributed by atoms with Crippen LogP contribution >= 0.6 is 0 Å². The van der Waals surface area contributed by atoms with Gasteiger partial charge < -0.3 is 4.90 Å². The number of hydrogen-bond donors (Lipinski definition) is 0. The maximum atomic E-state index is 4.17. The summed E-state index contributed by atoms with van der Waals surface area (Å²) in [6.45, 7) is 13.5. The first kappa shape index (κ1) is 40.5. The van der Waals surface area contributed by atoms with Crippen LogP contribution in [0.2, 0.25) is 0 Å². The highest BCUT2D eigenvalue weighted by Gasteiger charge is 2.20. The van der Waals surface area contributed by atoms with Crippen LogP contribution in [0.4, 0.5) is 0 Å². The van der Waals surface area contributed by atoms with Gasteiger partial charge in [0.15, 0.2) is 0 Å². The van der Waals surface area contributed by atoms with Gasteiger partial charge in [0, 0.05) is 6.04 Å². The Bertz CT molecular complexity index is 559. The van der Waals surface area contributed by atoms with Crippen molar-refractivity contribution < 1.29 is 0 Å². The van der Waals surface area contributed by atoms with Crippen molar-refractivity contribution >= 4 is 0 Å². The standard InChI is InChI=1S/C40H79N/c1-8-13-17-25-30-37(31-26-18-14-9-2)32-27-23-21-20-22-24-29-35-40(41(6)7)36-38(12-5)39(33-16-11-4)34-28-19-15-10-3/h37,39-40H,5,8-11,13-36H2,1-4,6-7H3. The van der Waals surface area contributed by atoms with Gasteiger partial charge in [0.25, 0.3) is 0 Å². The monoisotopic (exact) mass is 574 g/mol. The van der Waals surface area contributed by atoms with Gasteiger partial charge in [-0.15, -0.1) is 5.73 Å². The molecule has 0 aromatic carbocycles. The summed E-state index contributed by atoms with van der Waals surface area (Å²) in [7, 11) is 4.57. The third-order valence-electron chi connectivity index (χ3n) is 9.80. The summed E-state index contributed by atoms with van der Waals surface area (Å²) in [6.07, 6.45) is 39.3. The Morgan fingerprint density at radius 3 is 1.27 bits per heavy atom. The zero-order chi connectivity index (χ0) is 30.4. The predicted molar refractivity (Wildman–Crippen MR) is 189 cm³/mol. The summed E-state index contributed by atoms with van der Waals surface area (Å²) in [4.78, 5) is 2.48. The van der Waals surface area contributed by atoms with Gasteiger partial charge in [0.05, 0.1) is 0 Å². The van der Waals surface area contributed by atoms with Crippen LogP contribution in [0.5, 0.6) is 0 Å². The molecule has 0 fully saturated rings. The predicted octanol–water partition coefficient (Wildman–Crippen LogP) is 13.9. The highest BCUT2D eigenvalue weighted by Crippen LogP contribution is 2.30. The van der Waals surface area contributed by atoms with E-state index < -0.39 is 0 Å². The van der Waals surface area contributed by atoms with Gasteiger partial charge in [-0.3, -0.25) is 0 Å². The molecular weight excluding hydrogens is 494 g/mol. The highest BCUT2D eigenvalue weighted by atomic mass is 15.1. The van der Waals surface area contributed by atoms with Crippen LogP contribution in [-0.4, -0.2) is 25.0 Å². The molecule has 0 aliphatic carbocycles. The fourth-order valence-electron chi connectivity index (χ4n) is 6.79. The van der Waals surface area contributed by atoms with Crippen LogP contribution in [0.1, 0.15) is 207 Å². The molecule has 1 nitrogen and oxygen atoms in total.